The predicted molar refractivity (Wildman–Crippen MR) is 106 cm³/mol. The summed E-state index contributed by atoms with van der Waals surface area (Å²) >= 11 is 0. The number of hydrogen-bond donors (Lipinski definition) is 0. The van der Waals surface area contributed by atoms with Crippen molar-refractivity contribution in [3.8, 4) is 0 Å². The van der Waals surface area contributed by atoms with E-state index >= 15 is 0 Å². The lowest BCUT2D eigenvalue weighted by atomic mass is 10.2. The molecule has 1 aliphatic rings. The topological polar surface area (TPSA) is 9.23 Å². The summed E-state index contributed by atoms with van der Waals surface area (Å²) < 4.78 is 5.20. The lowest BCUT2D eigenvalue weighted by Crippen LogP contribution is -1.99. The zero-order valence-electron chi connectivity index (χ0n) is 14.8. The van der Waals surface area contributed by atoms with Crippen molar-refractivity contribution in [2.75, 3.05) is 0 Å². The van der Waals surface area contributed by atoms with Crippen molar-refractivity contribution in [2.45, 2.75) is 64.9 Å². The molecule has 3 unspecified atom stereocenters. The highest BCUT2D eigenvalue weighted by Crippen LogP contribution is 2.41. The van der Waals surface area contributed by atoms with Gasteiger partial charge in [-0.3, -0.25) is 0 Å². The SMILES string of the molecule is CCCCC1C/C1=C\C=C\C/C=C\C/C=C\C=C\C(CC)OP. The minimum atomic E-state index is 0.201. The first-order valence-corrected chi connectivity index (χ1v) is 9.48. The lowest BCUT2D eigenvalue weighted by molar-refractivity contribution is 0.289. The predicted octanol–water partition coefficient (Wildman–Crippen LogP) is 6.71. The summed E-state index contributed by atoms with van der Waals surface area (Å²) in [6.45, 7) is 4.38. The summed E-state index contributed by atoms with van der Waals surface area (Å²) in [6.07, 6.45) is 28.2. The van der Waals surface area contributed by atoms with Gasteiger partial charge < -0.3 is 4.52 Å². The van der Waals surface area contributed by atoms with E-state index in [0.29, 0.717) is 0 Å². The van der Waals surface area contributed by atoms with E-state index in [2.05, 4.69) is 78.0 Å². The van der Waals surface area contributed by atoms with Gasteiger partial charge in [0.15, 0.2) is 0 Å². The highest BCUT2D eigenvalue weighted by atomic mass is 31.0. The average molecular weight is 332 g/mol. The standard InChI is InChI=1S/C21H33OP/c1-3-5-15-19-18-20(19)16-13-11-9-7-6-8-10-12-14-17-21(4-2)22-23/h6-7,10-14,16-17,19,21H,3-5,8-9,15,18,23H2,1-2H3/b7-6-,12-10-,13-11+,17-14+,20-16+. The van der Waals surface area contributed by atoms with Crippen LogP contribution in [-0.2, 0) is 4.52 Å². The monoisotopic (exact) mass is 332 g/mol. The van der Waals surface area contributed by atoms with Crippen LogP contribution in [0.5, 0.6) is 0 Å². The Morgan fingerprint density at radius 3 is 2.48 bits per heavy atom. The van der Waals surface area contributed by atoms with Crippen molar-refractivity contribution < 1.29 is 4.52 Å². The summed E-state index contributed by atoms with van der Waals surface area (Å²) in [5.74, 6) is 0.900. The molecule has 0 amide bonds. The zero-order valence-corrected chi connectivity index (χ0v) is 15.9. The van der Waals surface area contributed by atoms with Gasteiger partial charge in [-0.25, -0.2) is 0 Å². The molecule has 0 aromatic rings. The van der Waals surface area contributed by atoms with E-state index in [1.165, 1.54) is 25.7 Å². The van der Waals surface area contributed by atoms with Crippen LogP contribution in [0.15, 0.2) is 60.3 Å². The van der Waals surface area contributed by atoms with Gasteiger partial charge in [-0.2, -0.15) is 0 Å². The van der Waals surface area contributed by atoms with Crippen LogP contribution in [0.1, 0.15) is 58.8 Å². The first kappa shape index (κ1) is 20.1. The molecule has 1 nitrogen and oxygen atoms in total. The first-order chi connectivity index (χ1) is 11.3. The normalized spacial score (nSPS) is 21.5. The van der Waals surface area contributed by atoms with E-state index in [1.807, 2.05) is 0 Å². The van der Waals surface area contributed by atoms with E-state index < -0.39 is 0 Å². The molecule has 128 valence electrons. The molecule has 0 saturated heterocycles. The minimum absolute atomic E-state index is 0.201. The maximum Gasteiger partial charge on any atom is 0.0792 e. The Morgan fingerprint density at radius 2 is 1.83 bits per heavy atom. The second-order valence-corrected chi connectivity index (χ2v) is 6.32. The largest absolute Gasteiger partial charge is 0.358 e. The molecule has 23 heavy (non-hydrogen) atoms. The van der Waals surface area contributed by atoms with E-state index in [9.17, 15) is 0 Å². The van der Waals surface area contributed by atoms with Crippen molar-refractivity contribution in [2.24, 2.45) is 5.92 Å². The van der Waals surface area contributed by atoms with E-state index in [4.69, 9.17) is 4.52 Å². The Kier molecular flexibility index (Phi) is 11.8. The number of allylic oxidation sites excluding steroid dienone is 9. The summed E-state index contributed by atoms with van der Waals surface area (Å²) in [5, 5.41) is 0. The smallest absolute Gasteiger partial charge is 0.0792 e. The first-order valence-electron chi connectivity index (χ1n) is 9.01. The molecule has 1 rings (SSSR count). The van der Waals surface area contributed by atoms with E-state index in [0.717, 1.165) is 25.2 Å². The Hall–Kier alpha value is -0.910. The van der Waals surface area contributed by atoms with Gasteiger partial charge in [-0.1, -0.05) is 86.9 Å². The van der Waals surface area contributed by atoms with Crippen LogP contribution in [0, 0.1) is 5.92 Å². The summed E-state index contributed by atoms with van der Waals surface area (Å²) in [4.78, 5) is 0. The second kappa shape index (κ2) is 13.5. The number of hydrogen-bond acceptors (Lipinski definition) is 1. The number of unbranched alkanes of at least 4 members (excludes halogenated alkanes) is 1. The molecule has 2 heteroatoms. The van der Waals surface area contributed by atoms with Gasteiger partial charge >= 0.3 is 0 Å². The fourth-order valence-corrected chi connectivity index (χ4v) is 2.69. The van der Waals surface area contributed by atoms with Gasteiger partial charge in [0, 0.05) is 9.47 Å². The molecule has 3 atom stereocenters. The molecule has 0 radical (unpaired) electrons. The molecular weight excluding hydrogens is 299 g/mol. The van der Waals surface area contributed by atoms with Crippen LogP contribution in [0.4, 0.5) is 0 Å². The summed E-state index contributed by atoms with van der Waals surface area (Å²) in [6, 6.07) is 0. The fourth-order valence-electron chi connectivity index (χ4n) is 2.41. The Morgan fingerprint density at radius 1 is 1.09 bits per heavy atom. The van der Waals surface area contributed by atoms with Gasteiger partial charge in [0.2, 0.25) is 0 Å². The van der Waals surface area contributed by atoms with Crippen LogP contribution < -0.4 is 0 Å². The van der Waals surface area contributed by atoms with Crippen molar-refractivity contribution in [3.63, 3.8) is 0 Å². The molecular formula is C21H33OP. The third kappa shape index (κ3) is 10.5. The average Bonchev–Trinajstić information content (AvgIpc) is 3.32. The highest BCUT2D eigenvalue weighted by Gasteiger charge is 2.27. The van der Waals surface area contributed by atoms with Crippen LogP contribution >= 0.6 is 9.47 Å². The quantitative estimate of drug-likeness (QED) is 0.219. The van der Waals surface area contributed by atoms with Gasteiger partial charge in [0.25, 0.3) is 0 Å². The summed E-state index contributed by atoms with van der Waals surface area (Å²) in [7, 11) is 2.32. The van der Waals surface area contributed by atoms with Gasteiger partial charge in [0.05, 0.1) is 6.10 Å². The molecule has 0 aliphatic heterocycles. The third-order valence-electron chi connectivity index (χ3n) is 4.06. The van der Waals surface area contributed by atoms with Crippen LogP contribution in [0.2, 0.25) is 0 Å². The summed E-state index contributed by atoms with van der Waals surface area (Å²) in [5.41, 5.74) is 1.65. The van der Waals surface area contributed by atoms with Crippen LogP contribution in [-0.4, -0.2) is 6.10 Å². The zero-order chi connectivity index (χ0) is 16.8. The molecule has 0 bridgehead atoms. The molecule has 1 aliphatic carbocycles. The molecule has 1 fully saturated rings. The highest BCUT2D eigenvalue weighted by molar-refractivity contribution is 7.09. The Balaban J connectivity index is 2.06. The minimum Gasteiger partial charge on any atom is -0.358 e. The molecule has 0 aromatic carbocycles. The Bertz CT molecular complexity index is 439. The maximum atomic E-state index is 5.20. The van der Waals surface area contributed by atoms with Crippen LogP contribution in [0.25, 0.3) is 0 Å². The second-order valence-electron chi connectivity index (χ2n) is 6.05. The van der Waals surface area contributed by atoms with E-state index in [1.54, 1.807) is 5.57 Å². The maximum absolute atomic E-state index is 5.20. The van der Waals surface area contributed by atoms with Gasteiger partial charge in [0.1, 0.15) is 0 Å². The molecule has 1 saturated carbocycles. The third-order valence-corrected chi connectivity index (χ3v) is 4.41. The van der Waals surface area contributed by atoms with E-state index in [-0.39, 0.29) is 6.10 Å². The van der Waals surface area contributed by atoms with Gasteiger partial charge in [-0.05, 0) is 38.0 Å². The molecule has 0 spiro atoms. The van der Waals surface area contributed by atoms with Crippen molar-refractivity contribution in [1.29, 1.82) is 0 Å². The molecule has 0 N–H and O–H groups in total. The molecule has 0 heterocycles. The fraction of sp³-hybridized carbons (Fsp3) is 0.524. The van der Waals surface area contributed by atoms with Crippen LogP contribution in [0.3, 0.4) is 0 Å². The van der Waals surface area contributed by atoms with Crippen molar-refractivity contribution >= 4 is 9.47 Å². The van der Waals surface area contributed by atoms with Gasteiger partial charge in [-0.15, -0.1) is 0 Å². The van der Waals surface area contributed by atoms with Crippen molar-refractivity contribution in [3.05, 3.63) is 60.3 Å². The number of rotatable bonds is 12. The van der Waals surface area contributed by atoms with Crippen molar-refractivity contribution in [1.82, 2.24) is 0 Å². The Labute approximate surface area is 145 Å². The lowest BCUT2D eigenvalue weighted by Gasteiger charge is -2.04. The molecule has 0 aromatic heterocycles.